The van der Waals surface area contributed by atoms with Crippen LogP contribution in [-0.2, 0) is 10.0 Å². The summed E-state index contributed by atoms with van der Waals surface area (Å²) in [5, 5.41) is -0.157. The predicted octanol–water partition coefficient (Wildman–Crippen LogP) is 1.33. The van der Waals surface area contributed by atoms with Gasteiger partial charge in [-0.15, -0.1) is 0 Å². The van der Waals surface area contributed by atoms with Crippen LogP contribution in [0.25, 0.3) is 0 Å². The first kappa shape index (κ1) is 17.1. The molecule has 1 unspecified atom stereocenters. The number of piperazine rings is 1. The van der Waals surface area contributed by atoms with Gasteiger partial charge in [0, 0.05) is 26.2 Å². The zero-order valence-electron chi connectivity index (χ0n) is 12.8. The lowest BCUT2D eigenvalue weighted by Gasteiger charge is -2.39. The second-order valence-corrected chi connectivity index (χ2v) is 8.75. The lowest BCUT2D eigenvalue weighted by atomic mass is 10.0. The van der Waals surface area contributed by atoms with Gasteiger partial charge in [0.1, 0.15) is 0 Å². The topological polar surface area (TPSA) is 66.6 Å². The molecule has 1 saturated heterocycles. The van der Waals surface area contributed by atoms with Crippen LogP contribution < -0.4 is 5.73 Å². The summed E-state index contributed by atoms with van der Waals surface area (Å²) in [5.74, 6) is 0. The summed E-state index contributed by atoms with van der Waals surface area (Å²) in [4.78, 5) is 2.73. The average Bonchev–Trinajstić information content (AvgIpc) is 2.49. The van der Waals surface area contributed by atoms with Crippen molar-refractivity contribution in [1.82, 2.24) is 9.21 Å². The van der Waals surface area contributed by atoms with E-state index in [-0.39, 0.29) is 11.3 Å². The third-order valence-corrected chi connectivity index (χ3v) is 7.43. The van der Waals surface area contributed by atoms with Crippen molar-refractivity contribution in [3.05, 3.63) is 0 Å². The Kier molecular flexibility index (Phi) is 5.99. The minimum absolute atomic E-state index is 0.0968. The van der Waals surface area contributed by atoms with Crippen molar-refractivity contribution in [3.8, 4) is 0 Å². The van der Waals surface area contributed by atoms with E-state index < -0.39 is 10.0 Å². The molecule has 0 bridgehead atoms. The normalized spacial score (nSPS) is 24.8. The molecule has 2 aliphatic rings. The van der Waals surface area contributed by atoms with Crippen molar-refractivity contribution >= 4 is 27.2 Å². The summed E-state index contributed by atoms with van der Waals surface area (Å²) in [7, 11) is -3.12. The van der Waals surface area contributed by atoms with E-state index in [2.05, 4.69) is 11.8 Å². The van der Waals surface area contributed by atoms with Gasteiger partial charge >= 0.3 is 0 Å². The smallest absolute Gasteiger partial charge is 0.217 e. The number of hydrogen-bond donors (Lipinski definition) is 1. The molecule has 2 fully saturated rings. The SMILES string of the molecule is CCC(C(N)=S)N1CCN(S(=O)(=O)C2CCCCC2)CC1. The molecule has 0 aromatic rings. The Morgan fingerprint density at radius 2 is 1.76 bits per heavy atom. The molecule has 2 rings (SSSR count). The minimum atomic E-state index is -3.12. The molecule has 0 aromatic carbocycles. The maximum absolute atomic E-state index is 12.7. The molecule has 0 spiro atoms. The molecule has 1 aliphatic carbocycles. The molecule has 1 aliphatic heterocycles. The molecule has 1 heterocycles. The third-order valence-electron chi connectivity index (χ3n) is 4.76. The minimum Gasteiger partial charge on any atom is -0.392 e. The number of sulfonamides is 1. The van der Waals surface area contributed by atoms with Crippen molar-refractivity contribution in [1.29, 1.82) is 0 Å². The van der Waals surface area contributed by atoms with E-state index in [4.69, 9.17) is 18.0 Å². The monoisotopic (exact) mass is 333 g/mol. The highest BCUT2D eigenvalue weighted by Gasteiger charge is 2.35. The first-order chi connectivity index (χ1) is 9.96. The van der Waals surface area contributed by atoms with Crippen molar-refractivity contribution in [3.63, 3.8) is 0 Å². The Morgan fingerprint density at radius 1 is 1.19 bits per heavy atom. The van der Waals surface area contributed by atoms with E-state index in [0.29, 0.717) is 18.1 Å². The standard InChI is InChI=1S/C14H27N3O2S2/c1-2-13(14(15)20)16-8-10-17(11-9-16)21(18,19)12-6-4-3-5-7-12/h12-13H,2-11H2,1H3,(H2,15,20). The summed E-state index contributed by atoms with van der Waals surface area (Å²) in [6.45, 7) is 4.65. The van der Waals surface area contributed by atoms with Gasteiger partial charge in [-0.3, -0.25) is 4.90 Å². The number of nitrogens with zero attached hydrogens (tertiary/aromatic N) is 2. The first-order valence-electron chi connectivity index (χ1n) is 7.99. The number of rotatable bonds is 5. The van der Waals surface area contributed by atoms with E-state index in [1.54, 1.807) is 4.31 Å². The number of thiocarbonyl (C=S) groups is 1. The molecule has 5 nitrogen and oxygen atoms in total. The number of nitrogens with two attached hydrogens (primary N) is 1. The van der Waals surface area contributed by atoms with E-state index in [1.165, 1.54) is 6.42 Å². The zero-order chi connectivity index (χ0) is 15.5. The van der Waals surface area contributed by atoms with Crippen LogP contribution in [0.15, 0.2) is 0 Å². The molecule has 122 valence electrons. The Hall–Kier alpha value is -0.240. The van der Waals surface area contributed by atoms with Crippen LogP contribution in [0.1, 0.15) is 45.4 Å². The van der Waals surface area contributed by atoms with E-state index in [1.807, 2.05) is 0 Å². The van der Waals surface area contributed by atoms with Crippen molar-refractivity contribution in [2.24, 2.45) is 5.73 Å². The van der Waals surface area contributed by atoms with Gasteiger partial charge in [-0.25, -0.2) is 8.42 Å². The maximum atomic E-state index is 12.7. The highest BCUT2D eigenvalue weighted by molar-refractivity contribution is 7.89. The quantitative estimate of drug-likeness (QED) is 0.769. The van der Waals surface area contributed by atoms with Crippen molar-refractivity contribution < 1.29 is 8.42 Å². The van der Waals surface area contributed by atoms with Crippen LogP contribution in [0.2, 0.25) is 0 Å². The van der Waals surface area contributed by atoms with Crippen LogP contribution in [0.4, 0.5) is 0 Å². The molecular formula is C14H27N3O2S2. The molecule has 2 N–H and O–H groups in total. The molecule has 1 saturated carbocycles. The fourth-order valence-corrected chi connectivity index (χ4v) is 5.82. The van der Waals surface area contributed by atoms with Gasteiger partial charge < -0.3 is 5.73 Å². The van der Waals surface area contributed by atoms with Gasteiger partial charge in [-0.1, -0.05) is 38.4 Å². The zero-order valence-corrected chi connectivity index (χ0v) is 14.5. The first-order valence-corrected chi connectivity index (χ1v) is 9.90. The van der Waals surface area contributed by atoms with Gasteiger partial charge in [-0.05, 0) is 19.3 Å². The average molecular weight is 334 g/mol. The summed E-state index contributed by atoms with van der Waals surface area (Å²) in [6.07, 6.45) is 5.79. The van der Waals surface area contributed by atoms with Crippen LogP contribution in [0.5, 0.6) is 0 Å². The highest BCUT2D eigenvalue weighted by atomic mass is 32.2. The lowest BCUT2D eigenvalue weighted by Crippen LogP contribution is -2.56. The third kappa shape index (κ3) is 3.94. The fourth-order valence-electron chi connectivity index (χ4n) is 3.48. The molecule has 7 heteroatoms. The molecule has 0 radical (unpaired) electrons. The summed E-state index contributed by atoms with van der Waals surface area (Å²) < 4.78 is 27.0. The van der Waals surface area contributed by atoms with E-state index in [0.717, 1.165) is 45.2 Å². The Labute approximate surface area is 133 Å². The molecular weight excluding hydrogens is 306 g/mol. The maximum Gasteiger partial charge on any atom is 0.217 e. The van der Waals surface area contributed by atoms with Crippen LogP contribution in [-0.4, -0.2) is 60.1 Å². The Bertz CT molecular complexity index is 453. The van der Waals surface area contributed by atoms with Crippen molar-refractivity contribution in [2.45, 2.75) is 56.7 Å². The molecule has 0 amide bonds. The second-order valence-electron chi connectivity index (χ2n) is 6.07. The van der Waals surface area contributed by atoms with Gasteiger partial charge in [0.25, 0.3) is 0 Å². The largest absolute Gasteiger partial charge is 0.392 e. The number of hydrogen-bond acceptors (Lipinski definition) is 4. The fraction of sp³-hybridized carbons (Fsp3) is 0.929. The van der Waals surface area contributed by atoms with Gasteiger partial charge in [0.2, 0.25) is 10.0 Å². The van der Waals surface area contributed by atoms with Crippen molar-refractivity contribution in [2.75, 3.05) is 26.2 Å². The highest BCUT2D eigenvalue weighted by Crippen LogP contribution is 2.27. The lowest BCUT2D eigenvalue weighted by molar-refractivity contribution is 0.164. The van der Waals surface area contributed by atoms with Gasteiger partial charge in [0.15, 0.2) is 0 Å². The summed E-state index contributed by atoms with van der Waals surface area (Å²) in [6, 6.07) is 0.0968. The van der Waals surface area contributed by atoms with Crippen LogP contribution in [0, 0.1) is 0 Å². The molecule has 21 heavy (non-hydrogen) atoms. The summed E-state index contributed by atoms with van der Waals surface area (Å²) >= 11 is 5.11. The Morgan fingerprint density at radius 3 is 2.24 bits per heavy atom. The van der Waals surface area contributed by atoms with Gasteiger partial charge in [-0.2, -0.15) is 4.31 Å². The molecule has 1 atom stereocenters. The second kappa shape index (κ2) is 7.35. The van der Waals surface area contributed by atoms with E-state index in [9.17, 15) is 8.42 Å². The van der Waals surface area contributed by atoms with E-state index >= 15 is 0 Å². The molecule has 0 aromatic heterocycles. The summed E-state index contributed by atoms with van der Waals surface area (Å²) in [5.41, 5.74) is 5.77. The van der Waals surface area contributed by atoms with Gasteiger partial charge in [0.05, 0.1) is 16.3 Å². The Balaban J connectivity index is 1.95. The predicted molar refractivity (Wildman–Crippen MR) is 89.8 cm³/mol. The van der Waals surface area contributed by atoms with Crippen LogP contribution >= 0.6 is 12.2 Å². The van der Waals surface area contributed by atoms with Crippen LogP contribution in [0.3, 0.4) is 0 Å².